The van der Waals surface area contributed by atoms with Crippen LogP contribution in [-0.2, 0) is 15.4 Å². The van der Waals surface area contributed by atoms with Gasteiger partial charge >= 0.3 is 0 Å². The molecule has 3 aromatic carbocycles. The molecule has 0 fully saturated rings. The lowest BCUT2D eigenvalue weighted by atomic mass is 9.86. The summed E-state index contributed by atoms with van der Waals surface area (Å²) >= 11 is 0. The number of aryl methyl sites for hydroxylation is 3. The lowest BCUT2D eigenvalue weighted by molar-refractivity contribution is 0.0939. The molecule has 0 aliphatic heterocycles. The van der Waals surface area contributed by atoms with Crippen LogP contribution in [0.1, 0.15) is 71.9 Å². The van der Waals surface area contributed by atoms with Crippen molar-refractivity contribution in [1.29, 1.82) is 0 Å². The van der Waals surface area contributed by atoms with Gasteiger partial charge < -0.3 is 5.32 Å². The van der Waals surface area contributed by atoms with E-state index in [0.717, 1.165) is 16.7 Å². The van der Waals surface area contributed by atoms with E-state index < -0.39 is 10.0 Å². The van der Waals surface area contributed by atoms with Gasteiger partial charge in [-0.3, -0.25) is 9.52 Å². The number of carbonyl (C=O) groups excluding carboxylic acids is 1. The van der Waals surface area contributed by atoms with Crippen LogP contribution in [-0.4, -0.2) is 14.3 Å². The molecule has 0 aliphatic carbocycles. The largest absolute Gasteiger partial charge is 0.346 e. The standard InChI is InChI=1S/C28H34N2O3S/c1-18-8-9-19(2)25(16-18)30-34(32,33)26-17-23(11-10-20(26)3)27(31)29-21(4)22-12-14-24(15-13-22)28(5,6)7/h8-17,21,30H,1-7H3,(H,29,31). The Hall–Kier alpha value is -3.12. The highest BCUT2D eigenvalue weighted by molar-refractivity contribution is 7.92. The molecule has 3 rings (SSSR count). The second kappa shape index (κ2) is 9.63. The Balaban J connectivity index is 1.82. The topological polar surface area (TPSA) is 75.3 Å². The summed E-state index contributed by atoms with van der Waals surface area (Å²) in [6, 6.07) is 18.3. The van der Waals surface area contributed by atoms with E-state index in [4.69, 9.17) is 0 Å². The first-order valence-corrected chi connectivity index (χ1v) is 12.9. The van der Waals surface area contributed by atoms with E-state index in [9.17, 15) is 13.2 Å². The minimum absolute atomic E-state index is 0.0554. The number of hydrogen-bond acceptors (Lipinski definition) is 3. The van der Waals surface area contributed by atoms with Crippen molar-refractivity contribution in [2.45, 2.75) is 64.8 Å². The van der Waals surface area contributed by atoms with Gasteiger partial charge in [0.2, 0.25) is 0 Å². The number of amides is 1. The van der Waals surface area contributed by atoms with Gasteiger partial charge in [-0.05, 0) is 79.1 Å². The molecule has 0 saturated carbocycles. The van der Waals surface area contributed by atoms with Crippen molar-refractivity contribution in [1.82, 2.24) is 5.32 Å². The molecule has 0 bridgehead atoms. The number of hydrogen-bond donors (Lipinski definition) is 2. The molecule has 0 aromatic heterocycles. The fourth-order valence-electron chi connectivity index (χ4n) is 3.71. The van der Waals surface area contributed by atoms with Crippen molar-refractivity contribution in [2.24, 2.45) is 0 Å². The Morgan fingerprint density at radius 2 is 1.47 bits per heavy atom. The number of sulfonamides is 1. The lowest BCUT2D eigenvalue weighted by Gasteiger charge is -2.21. The number of nitrogens with one attached hydrogen (secondary N) is 2. The molecule has 1 unspecified atom stereocenters. The van der Waals surface area contributed by atoms with Gasteiger partial charge in [-0.25, -0.2) is 8.42 Å². The molecule has 34 heavy (non-hydrogen) atoms. The van der Waals surface area contributed by atoms with Gasteiger partial charge in [0, 0.05) is 5.56 Å². The zero-order chi connectivity index (χ0) is 25.3. The first-order valence-electron chi connectivity index (χ1n) is 11.4. The van der Waals surface area contributed by atoms with Crippen LogP contribution in [0.3, 0.4) is 0 Å². The molecule has 0 heterocycles. The highest BCUT2D eigenvalue weighted by Crippen LogP contribution is 2.26. The summed E-state index contributed by atoms with van der Waals surface area (Å²) in [5.74, 6) is -0.324. The van der Waals surface area contributed by atoms with Crippen LogP contribution < -0.4 is 10.0 Å². The van der Waals surface area contributed by atoms with E-state index in [-0.39, 0.29) is 22.3 Å². The highest BCUT2D eigenvalue weighted by Gasteiger charge is 2.21. The normalized spacial score (nSPS) is 12.8. The molecule has 5 nitrogen and oxygen atoms in total. The van der Waals surface area contributed by atoms with Gasteiger partial charge in [0.25, 0.3) is 15.9 Å². The van der Waals surface area contributed by atoms with Crippen molar-refractivity contribution >= 4 is 21.6 Å². The van der Waals surface area contributed by atoms with Crippen LogP contribution in [0.5, 0.6) is 0 Å². The van der Waals surface area contributed by atoms with E-state index in [2.05, 4.69) is 42.9 Å². The number of carbonyl (C=O) groups is 1. The van der Waals surface area contributed by atoms with Crippen LogP contribution in [0.15, 0.2) is 65.6 Å². The minimum atomic E-state index is -3.87. The summed E-state index contributed by atoms with van der Waals surface area (Å²) in [6.45, 7) is 13.9. The number of rotatable bonds is 6. The maximum Gasteiger partial charge on any atom is 0.262 e. The van der Waals surface area contributed by atoms with Crippen molar-refractivity contribution in [2.75, 3.05) is 4.72 Å². The van der Waals surface area contributed by atoms with Gasteiger partial charge in [0.1, 0.15) is 0 Å². The molecule has 6 heteroatoms. The molecular weight excluding hydrogens is 444 g/mol. The SMILES string of the molecule is Cc1ccc(C)c(NS(=O)(=O)c2cc(C(=O)NC(C)c3ccc(C(C)(C)C)cc3)ccc2C)c1. The van der Waals surface area contributed by atoms with Gasteiger partial charge in [-0.15, -0.1) is 0 Å². The van der Waals surface area contributed by atoms with Crippen LogP contribution in [0.2, 0.25) is 0 Å². The Morgan fingerprint density at radius 1 is 0.853 bits per heavy atom. The molecule has 0 spiro atoms. The second-order valence-electron chi connectivity index (χ2n) is 9.97. The maximum absolute atomic E-state index is 13.2. The van der Waals surface area contributed by atoms with Gasteiger partial charge in [-0.2, -0.15) is 0 Å². The molecule has 1 amide bonds. The van der Waals surface area contributed by atoms with Crippen molar-refractivity contribution < 1.29 is 13.2 Å². The van der Waals surface area contributed by atoms with E-state index in [1.807, 2.05) is 45.0 Å². The first kappa shape index (κ1) is 25.5. The predicted octanol–water partition coefficient (Wildman–Crippen LogP) is 6.20. The quantitative estimate of drug-likeness (QED) is 0.443. The molecular formula is C28H34N2O3S. The van der Waals surface area contributed by atoms with Gasteiger partial charge in [0.15, 0.2) is 0 Å². The molecule has 1 atom stereocenters. The summed E-state index contributed by atoms with van der Waals surface area (Å²) in [6.07, 6.45) is 0. The van der Waals surface area contributed by atoms with E-state index in [1.165, 1.54) is 11.6 Å². The average molecular weight is 479 g/mol. The zero-order valence-corrected chi connectivity index (χ0v) is 21.8. The fraction of sp³-hybridized carbons (Fsp3) is 0.321. The van der Waals surface area contributed by atoms with E-state index in [0.29, 0.717) is 16.8 Å². The lowest BCUT2D eigenvalue weighted by Crippen LogP contribution is -2.27. The van der Waals surface area contributed by atoms with Crippen LogP contribution in [0, 0.1) is 20.8 Å². The van der Waals surface area contributed by atoms with Crippen molar-refractivity contribution in [3.05, 3.63) is 94.0 Å². The Kier molecular flexibility index (Phi) is 7.22. The van der Waals surface area contributed by atoms with Gasteiger partial charge in [0.05, 0.1) is 16.6 Å². The van der Waals surface area contributed by atoms with Crippen molar-refractivity contribution in [3.63, 3.8) is 0 Å². The molecule has 0 saturated heterocycles. The maximum atomic E-state index is 13.2. The molecule has 3 aromatic rings. The second-order valence-corrected chi connectivity index (χ2v) is 11.6. The Bertz CT molecular complexity index is 1300. The van der Waals surface area contributed by atoms with E-state index in [1.54, 1.807) is 25.1 Å². The van der Waals surface area contributed by atoms with Crippen LogP contribution >= 0.6 is 0 Å². The zero-order valence-electron chi connectivity index (χ0n) is 21.0. The summed E-state index contributed by atoms with van der Waals surface area (Å²) in [5.41, 5.74) is 5.44. The third kappa shape index (κ3) is 5.86. The minimum Gasteiger partial charge on any atom is -0.346 e. The number of benzene rings is 3. The molecule has 0 aliphatic rings. The van der Waals surface area contributed by atoms with Crippen LogP contribution in [0.25, 0.3) is 0 Å². The average Bonchev–Trinajstić information content (AvgIpc) is 2.75. The number of anilines is 1. The fourth-order valence-corrected chi connectivity index (χ4v) is 5.10. The van der Waals surface area contributed by atoms with Gasteiger partial charge in [-0.1, -0.05) is 63.2 Å². The third-order valence-corrected chi connectivity index (χ3v) is 7.51. The first-order chi connectivity index (χ1) is 15.8. The summed E-state index contributed by atoms with van der Waals surface area (Å²) in [5, 5.41) is 2.98. The summed E-state index contributed by atoms with van der Waals surface area (Å²) < 4.78 is 29.0. The molecule has 180 valence electrons. The summed E-state index contributed by atoms with van der Waals surface area (Å²) in [7, 11) is -3.87. The van der Waals surface area contributed by atoms with Crippen molar-refractivity contribution in [3.8, 4) is 0 Å². The Morgan fingerprint density at radius 3 is 2.09 bits per heavy atom. The smallest absolute Gasteiger partial charge is 0.262 e. The predicted molar refractivity (Wildman–Crippen MR) is 139 cm³/mol. The Labute approximate surface area is 203 Å². The monoisotopic (exact) mass is 478 g/mol. The highest BCUT2D eigenvalue weighted by atomic mass is 32.2. The molecule has 2 N–H and O–H groups in total. The summed E-state index contributed by atoms with van der Waals surface area (Å²) in [4.78, 5) is 13.1. The molecule has 0 radical (unpaired) electrons. The van der Waals surface area contributed by atoms with Crippen LogP contribution in [0.4, 0.5) is 5.69 Å². The van der Waals surface area contributed by atoms with E-state index >= 15 is 0 Å². The third-order valence-electron chi connectivity index (χ3n) is 6.00.